The molecule has 4 rings (SSSR count). The second-order valence-electron chi connectivity index (χ2n) is 6.66. The van der Waals surface area contributed by atoms with E-state index in [1.807, 2.05) is 0 Å². The molecule has 132 valence electrons. The van der Waals surface area contributed by atoms with E-state index in [0.29, 0.717) is 30.8 Å². The third kappa shape index (κ3) is 2.68. The van der Waals surface area contributed by atoms with E-state index in [1.54, 1.807) is 13.2 Å². The number of hydrogen-bond donors (Lipinski definition) is 2. The molecule has 2 heterocycles. The van der Waals surface area contributed by atoms with E-state index in [1.165, 1.54) is 16.8 Å². The topological polar surface area (TPSA) is 82.2 Å². The maximum Gasteiger partial charge on any atom is 0.256 e. The smallest absolute Gasteiger partial charge is 0.256 e. The molecule has 0 unspecified atom stereocenters. The van der Waals surface area contributed by atoms with Gasteiger partial charge in [-0.1, -0.05) is 0 Å². The molecule has 0 radical (unpaired) electrons. The Morgan fingerprint density at radius 3 is 3.08 bits per heavy atom. The first-order valence-corrected chi connectivity index (χ1v) is 8.55. The molecular weight excluding hydrogens is 323 g/mol. The molecule has 1 aromatic carbocycles. The van der Waals surface area contributed by atoms with Crippen LogP contribution < -0.4 is 11.1 Å². The zero-order chi connectivity index (χ0) is 17.6. The van der Waals surface area contributed by atoms with Gasteiger partial charge in [-0.05, 0) is 43.0 Å². The van der Waals surface area contributed by atoms with E-state index < -0.39 is 5.92 Å². The number of anilines is 2. The summed E-state index contributed by atoms with van der Waals surface area (Å²) in [5.74, 6) is -0.614. The minimum Gasteiger partial charge on any atom is -0.385 e. The Bertz CT molecular complexity index is 833. The van der Waals surface area contributed by atoms with Gasteiger partial charge in [-0.2, -0.15) is 9.78 Å². The Balaban J connectivity index is 1.70. The number of nitrogens with zero attached hydrogens (tertiary/aromatic N) is 2. The van der Waals surface area contributed by atoms with Gasteiger partial charge in [-0.15, -0.1) is 0 Å². The van der Waals surface area contributed by atoms with Gasteiger partial charge in [0.2, 0.25) is 0 Å². The van der Waals surface area contributed by atoms with Gasteiger partial charge in [0.15, 0.2) is 0 Å². The molecule has 0 saturated heterocycles. The second-order valence-corrected chi connectivity index (χ2v) is 6.66. The predicted molar refractivity (Wildman–Crippen MR) is 92.3 cm³/mol. The summed E-state index contributed by atoms with van der Waals surface area (Å²) in [4.78, 5) is 13.1. The van der Waals surface area contributed by atoms with Crippen LogP contribution in [0.4, 0.5) is 15.9 Å². The van der Waals surface area contributed by atoms with E-state index in [0.717, 1.165) is 29.8 Å². The zero-order valence-corrected chi connectivity index (χ0v) is 14.1. The normalized spacial score (nSPS) is 22.0. The SMILES string of the molecule is CO[C@@H]1CCc2nn(C(=O)[C@H]3CCNc4ccc(F)cc43)c(N)c2C1. The Morgan fingerprint density at radius 1 is 1.44 bits per heavy atom. The van der Waals surface area contributed by atoms with Crippen molar-refractivity contribution >= 4 is 17.4 Å². The first kappa shape index (κ1) is 16.1. The van der Waals surface area contributed by atoms with Crippen molar-refractivity contribution in [3.05, 3.63) is 40.8 Å². The predicted octanol–water partition coefficient (Wildman–Crippen LogP) is 2.35. The lowest BCUT2D eigenvalue weighted by Crippen LogP contribution is -2.28. The standard InChI is InChI=1S/C18H21FN4O2/c1-25-11-3-5-16-14(9-11)17(20)23(22-16)18(24)12-6-7-21-15-4-2-10(19)8-13(12)15/h2,4,8,11-12,21H,3,5-7,9,20H2,1H3/t11-,12+/m1/s1. The summed E-state index contributed by atoms with van der Waals surface area (Å²) in [6.45, 7) is 0.654. The number of halogens is 1. The number of nitrogens with two attached hydrogens (primary N) is 1. The van der Waals surface area contributed by atoms with Crippen LogP contribution in [0.15, 0.2) is 18.2 Å². The number of aryl methyl sites for hydroxylation is 1. The summed E-state index contributed by atoms with van der Waals surface area (Å²) >= 11 is 0. The molecule has 6 nitrogen and oxygen atoms in total. The van der Waals surface area contributed by atoms with Gasteiger partial charge in [0, 0.05) is 31.3 Å². The van der Waals surface area contributed by atoms with Crippen molar-refractivity contribution < 1.29 is 13.9 Å². The summed E-state index contributed by atoms with van der Waals surface area (Å²) in [7, 11) is 1.68. The minimum atomic E-state index is -0.450. The van der Waals surface area contributed by atoms with E-state index in [4.69, 9.17) is 10.5 Å². The first-order valence-electron chi connectivity index (χ1n) is 8.55. The van der Waals surface area contributed by atoms with Crippen molar-refractivity contribution in [3.63, 3.8) is 0 Å². The van der Waals surface area contributed by atoms with Crippen LogP contribution in [0.3, 0.4) is 0 Å². The van der Waals surface area contributed by atoms with Gasteiger partial charge >= 0.3 is 0 Å². The van der Waals surface area contributed by atoms with Crippen molar-refractivity contribution in [3.8, 4) is 0 Å². The van der Waals surface area contributed by atoms with Crippen LogP contribution in [0.2, 0.25) is 0 Å². The lowest BCUT2D eigenvalue weighted by atomic mass is 9.90. The van der Waals surface area contributed by atoms with Crippen LogP contribution in [0, 0.1) is 5.82 Å². The number of ether oxygens (including phenoxy) is 1. The number of fused-ring (bicyclic) bond motifs is 2. The number of nitrogens with one attached hydrogen (secondary N) is 1. The molecule has 0 spiro atoms. The average molecular weight is 344 g/mol. The van der Waals surface area contributed by atoms with Crippen LogP contribution in [-0.2, 0) is 17.6 Å². The number of carbonyl (C=O) groups is 1. The third-order valence-corrected chi connectivity index (χ3v) is 5.22. The molecule has 2 aliphatic rings. The fourth-order valence-electron chi connectivity index (χ4n) is 3.82. The lowest BCUT2D eigenvalue weighted by Gasteiger charge is -2.25. The molecule has 0 fully saturated rings. The number of rotatable bonds is 2. The van der Waals surface area contributed by atoms with Crippen molar-refractivity contribution in [2.45, 2.75) is 37.7 Å². The highest BCUT2D eigenvalue weighted by molar-refractivity contribution is 5.90. The number of hydrogen-bond acceptors (Lipinski definition) is 5. The summed E-state index contributed by atoms with van der Waals surface area (Å²) in [6, 6.07) is 4.49. The van der Waals surface area contributed by atoms with Gasteiger partial charge < -0.3 is 15.8 Å². The number of benzene rings is 1. The summed E-state index contributed by atoms with van der Waals surface area (Å²) < 4.78 is 20.4. The molecule has 1 aromatic heterocycles. The minimum absolute atomic E-state index is 0.108. The highest BCUT2D eigenvalue weighted by atomic mass is 19.1. The van der Waals surface area contributed by atoms with Crippen LogP contribution >= 0.6 is 0 Å². The van der Waals surface area contributed by atoms with Crippen LogP contribution in [0.25, 0.3) is 0 Å². The Labute approximate surface area is 145 Å². The largest absolute Gasteiger partial charge is 0.385 e. The molecular formula is C18H21FN4O2. The molecule has 1 aliphatic heterocycles. The van der Waals surface area contributed by atoms with Crippen molar-refractivity contribution in [2.24, 2.45) is 0 Å². The Morgan fingerprint density at radius 2 is 2.28 bits per heavy atom. The lowest BCUT2D eigenvalue weighted by molar-refractivity contribution is 0.0859. The van der Waals surface area contributed by atoms with Crippen molar-refractivity contribution in [1.82, 2.24) is 9.78 Å². The quantitative estimate of drug-likeness (QED) is 0.874. The summed E-state index contributed by atoms with van der Waals surface area (Å²) in [5, 5.41) is 7.67. The summed E-state index contributed by atoms with van der Waals surface area (Å²) in [6.07, 6.45) is 2.98. The first-order chi connectivity index (χ1) is 12.1. The van der Waals surface area contributed by atoms with Crippen LogP contribution in [-0.4, -0.2) is 35.4 Å². The van der Waals surface area contributed by atoms with E-state index >= 15 is 0 Å². The molecule has 0 bridgehead atoms. The maximum atomic E-state index is 13.7. The molecule has 1 aliphatic carbocycles. The highest BCUT2D eigenvalue weighted by Crippen LogP contribution is 2.35. The summed E-state index contributed by atoms with van der Waals surface area (Å²) in [5.41, 5.74) is 9.46. The molecule has 0 saturated carbocycles. The van der Waals surface area contributed by atoms with Crippen LogP contribution in [0.1, 0.15) is 40.4 Å². The van der Waals surface area contributed by atoms with Crippen molar-refractivity contribution in [1.29, 1.82) is 0 Å². The second kappa shape index (κ2) is 6.15. The third-order valence-electron chi connectivity index (χ3n) is 5.22. The van der Waals surface area contributed by atoms with Crippen LogP contribution in [0.5, 0.6) is 0 Å². The number of aromatic nitrogens is 2. The number of carbonyl (C=O) groups excluding carboxylic acids is 1. The van der Waals surface area contributed by atoms with Gasteiger partial charge in [0.05, 0.1) is 17.7 Å². The zero-order valence-electron chi connectivity index (χ0n) is 14.1. The molecule has 7 heteroatoms. The number of methoxy groups -OCH3 is 1. The monoisotopic (exact) mass is 344 g/mol. The van der Waals surface area contributed by atoms with Gasteiger partial charge in [-0.3, -0.25) is 4.79 Å². The molecule has 3 N–H and O–H groups in total. The molecule has 2 atom stereocenters. The van der Waals surface area contributed by atoms with Gasteiger partial charge in [-0.25, -0.2) is 4.39 Å². The fourth-order valence-corrected chi connectivity index (χ4v) is 3.82. The van der Waals surface area contributed by atoms with E-state index in [9.17, 15) is 9.18 Å². The molecule has 25 heavy (non-hydrogen) atoms. The van der Waals surface area contributed by atoms with Gasteiger partial charge in [0.25, 0.3) is 5.91 Å². The van der Waals surface area contributed by atoms with E-state index in [-0.39, 0.29) is 17.8 Å². The molecule has 2 aromatic rings. The average Bonchev–Trinajstić information content (AvgIpc) is 2.96. The van der Waals surface area contributed by atoms with E-state index in [2.05, 4.69) is 10.4 Å². The van der Waals surface area contributed by atoms with Crippen molar-refractivity contribution in [2.75, 3.05) is 24.7 Å². The molecule has 0 amide bonds. The Kier molecular flexibility index (Phi) is 3.95. The fraction of sp³-hybridized carbons (Fsp3) is 0.444. The maximum absolute atomic E-state index is 13.7. The highest BCUT2D eigenvalue weighted by Gasteiger charge is 2.32. The van der Waals surface area contributed by atoms with Gasteiger partial charge in [0.1, 0.15) is 11.6 Å². The Hall–Kier alpha value is -2.41. The number of nitrogen functional groups attached to an aromatic ring is 1.